The van der Waals surface area contributed by atoms with Crippen LogP contribution in [0.5, 0.6) is 5.75 Å². The molecular formula is C33H37N3O5S. The number of rotatable bonds is 7. The Hall–Kier alpha value is -3.30. The van der Waals surface area contributed by atoms with Crippen LogP contribution >= 0.6 is 11.8 Å². The van der Waals surface area contributed by atoms with E-state index in [0.29, 0.717) is 29.6 Å². The number of hydrogen-bond acceptors (Lipinski definition) is 7. The molecule has 4 aliphatic carbocycles. The van der Waals surface area contributed by atoms with Crippen molar-refractivity contribution in [1.82, 2.24) is 4.90 Å². The lowest BCUT2D eigenvalue weighted by molar-refractivity contribution is -0.127. The molecule has 3 amide bonds. The van der Waals surface area contributed by atoms with Crippen LogP contribution in [0.25, 0.3) is 6.08 Å². The van der Waals surface area contributed by atoms with Crippen molar-refractivity contribution in [2.75, 3.05) is 50.2 Å². The summed E-state index contributed by atoms with van der Waals surface area (Å²) in [5, 5.41) is 2.47. The second-order valence-electron chi connectivity index (χ2n) is 12.6. The fraction of sp³-hybridized carbons (Fsp3) is 0.485. The highest BCUT2D eigenvalue weighted by atomic mass is 32.2. The highest BCUT2D eigenvalue weighted by Gasteiger charge is 2.51. The molecule has 0 spiro atoms. The maximum Gasteiger partial charge on any atom is 0.294 e. The summed E-state index contributed by atoms with van der Waals surface area (Å²) in [6.45, 7) is 2.37. The van der Waals surface area contributed by atoms with E-state index in [9.17, 15) is 14.4 Å². The molecular weight excluding hydrogens is 550 g/mol. The standard InChI is InChI=1S/C33H37N3O5S/c1-40-28-7-6-25(33-17-21-12-22(18-33)14-23(13-21)19-33)15-24(28)16-29-31(38)36(32(39)42-29)20-30(37)34-26-4-2-3-5-27(26)35-8-10-41-11-9-35/h2-7,15-16,21-23H,8-14,17-20H2,1H3,(H,34,37)/b29-16+. The van der Waals surface area contributed by atoms with Crippen LogP contribution in [0, 0.1) is 17.8 Å². The maximum absolute atomic E-state index is 13.4. The molecule has 2 heterocycles. The van der Waals surface area contributed by atoms with Gasteiger partial charge in [-0.25, -0.2) is 0 Å². The summed E-state index contributed by atoms with van der Waals surface area (Å²) >= 11 is 0.876. The first kappa shape index (κ1) is 27.5. The molecule has 9 heteroatoms. The molecule has 1 N–H and O–H groups in total. The number of hydrogen-bond donors (Lipinski definition) is 1. The van der Waals surface area contributed by atoms with Crippen molar-refractivity contribution in [3.63, 3.8) is 0 Å². The van der Waals surface area contributed by atoms with Crippen molar-refractivity contribution in [2.45, 2.75) is 43.9 Å². The zero-order chi connectivity index (χ0) is 28.8. The average molecular weight is 588 g/mol. The van der Waals surface area contributed by atoms with Gasteiger partial charge in [-0.3, -0.25) is 19.3 Å². The third-order valence-electron chi connectivity index (χ3n) is 9.87. The first-order valence-electron chi connectivity index (χ1n) is 15.1. The highest BCUT2D eigenvalue weighted by Crippen LogP contribution is 2.61. The Labute approximate surface area is 250 Å². The SMILES string of the molecule is COc1ccc(C23CC4CC(CC(C4)C2)C3)cc1/C=C1/SC(=O)N(CC(=O)Nc2ccccc2N2CCOCC2)C1=O. The molecule has 8 nitrogen and oxygen atoms in total. The van der Waals surface area contributed by atoms with E-state index in [-0.39, 0.29) is 12.0 Å². The number of methoxy groups -OCH3 is 1. The number of ether oxygens (including phenoxy) is 2. The summed E-state index contributed by atoms with van der Waals surface area (Å²) in [5.41, 5.74) is 3.89. The average Bonchev–Trinajstić information content (AvgIpc) is 3.24. The summed E-state index contributed by atoms with van der Waals surface area (Å²) in [6.07, 6.45) is 9.62. The maximum atomic E-state index is 13.4. The van der Waals surface area contributed by atoms with Crippen molar-refractivity contribution in [3.8, 4) is 5.75 Å². The lowest BCUT2D eigenvalue weighted by Gasteiger charge is -2.57. The number of morpholine rings is 1. The normalized spacial score (nSPS) is 29.5. The Bertz CT molecular complexity index is 1410. The molecule has 2 saturated heterocycles. The Morgan fingerprint density at radius 3 is 2.43 bits per heavy atom. The Morgan fingerprint density at radius 2 is 1.74 bits per heavy atom. The predicted octanol–water partition coefficient (Wildman–Crippen LogP) is 5.67. The van der Waals surface area contributed by atoms with Crippen molar-refractivity contribution in [3.05, 3.63) is 58.5 Å². The molecule has 0 aromatic heterocycles. The van der Waals surface area contributed by atoms with Gasteiger partial charge in [0.05, 0.1) is 36.6 Å². The van der Waals surface area contributed by atoms with E-state index in [1.807, 2.05) is 30.3 Å². The van der Waals surface area contributed by atoms with Gasteiger partial charge in [-0.2, -0.15) is 0 Å². The van der Waals surface area contributed by atoms with E-state index < -0.39 is 17.1 Å². The molecule has 6 fully saturated rings. The van der Waals surface area contributed by atoms with Crippen molar-refractivity contribution < 1.29 is 23.9 Å². The number of carbonyl (C=O) groups is 3. The molecule has 220 valence electrons. The molecule has 8 rings (SSSR count). The summed E-state index contributed by atoms with van der Waals surface area (Å²) in [5.74, 6) is 2.28. The monoisotopic (exact) mass is 587 g/mol. The van der Waals surface area contributed by atoms with Gasteiger partial charge < -0.3 is 19.7 Å². The van der Waals surface area contributed by atoms with Gasteiger partial charge in [-0.1, -0.05) is 18.2 Å². The first-order valence-corrected chi connectivity index (χ1v) is 15.9. The van der Waals surface area contributed by atoms with Crippen LogP contribution in [-0.2, 0) is 19.7 Å². The number of benzene rings is 2. The lowest BCUT2D eigenvalue weighted by atomic mass is 9.48. The van der Waals surface area contributed by atoms with Crippen LogP contribution in [-0.4, -0.2) is 61.9 Å². The number of imide groups is 1. The second kappa shape index (κ2) is 11.1. The quantitative estimate of drug-likeness (QED) is 0.418. The largest absolute Gasteiger partial charge is 0.496 e. The molecule has 0 atom stereocenters. The highest BCUT2D eigenvalue weighted by molar-refractivity contribution is 8.18. The van der Waals surface area contributed by atoms with Gasteiger partial charge in [0.1, 0.15) is 12.3 Å². The molecule has 6 aliphatic rings. The minimum atomic E-state index is -0.455. The van der Waals surface area contributed by atoms with Crippen molar-refractivity contribution in [1.29, 1.82) is 0 Å². The summed E-state index contributed by atoms with van der Waals surface area (Å²) in [4.78, 5) is 42.9. The minimum absolute atomic E-state index is 0.207. The third kappa shape index (κ3) is 5.11. The van der Waals surface area contributed by atoms with Crippen LogP contribution < -0.4 is 15.0 Å². The molecule has 4 bridgehead atoms. The van der Waals surface area contributed by atoms with Gasteiger partial charge in [0, 0.05) is 18.7 Å². The third-order valence-corrected chi connectivity index (χ3v) is 10.8. The zero-order valence-electron chi connectivity index (χ0n) is 24.0. The molecule has 42 heavy (non-hydrogen) atoms. The fourth-order valence-electron chi connectivity index (χ4n) is 8.41. The lowest BCUT2D eigenvalue weighted by Crippen LogP contribution is -2.48. The number of anilines is 2. The minimum Gasteiger partial charge on any atom is -0.496 e. The van der Waals surface area contributed by atoms with E-state index in [4.69, 9.17) is 9.47 Å². The molecule has 2 aromatic carbocycles. The van der Waals surface area contributed by atoms with Crippen LogP contribution in [0.2, 0.25) is 0 Å². The van der Waals surface area contributed by atoms with Crippen LogP contribution in [0.1, 0.15) is 49.7 Å². The van der Waals surface area contributed by atoms with Crippen LogP contribution in [0.15, 0.2) is 47.4 Å². The summed E-state index contributed by atoms with van der Waals surface area (Å²) in [6, 6.07) is 13.9. The number of amides is 3. The first-order chi connectivity index (χ1) is 20.4. The molecule has 0 radical (unpaired) electrons. The number of para-hydroxylation sites is 2. The van der Waals surface area contributed by atoms with Gasteiger partial charge in [-0.05, 0) is 109 Å². The number of carbonyl (C=O) groups excluding carboxylic acids is 3. The van der Waals surface area contributed by atoms with E-state index in [1.165, 1.54) is 44.1 Å². The van der Waals surface area contributed by atoms with Gasteiger partial charge in [0.15, 0.2) is 0 Å². The summed E-state index contributed by atoms with van der Waals surface area (Å²) < 4.78 is 11.1. The van der Waals surface area contributed by atoms with E-state index >= 15 is 0 Å². The number of nitrogens with one attached hydrogen (secondary N) is 1. The molecule has 2 aliphatic heterocycles. The Balaban J connectivity index is 1.08. The Morgan fingerprint density at radius 1 is 1.05 bits per heavy atom. The molecule has 4 saturated carbocycles. The van der Waals surface area contributed by atoms with E-state index in [2.05, 4.69) is 22.3 Å². The summed E-state index contributed by atoms with van der Waals surface area (Å²) in [7, 11) is 1.63. The van der Waals surface area contributed by atoms with E-state index in [0.717, 1.165) is 58.8 Å². The smallest absolute Gasteiger partial charge is 0.294 e. The number of nitrogens with zero attached hydrogens (tertiary/aromatic N) is 2. The predicted molar refractivity (Wildman–Crippen MR) is 164 cm³/mol. The zero-order valence-corrected chi connectivity index (χ0v) is 24.8. The van der Waals surface area contributed by atoms with Gasteiger partial charge in [-0.15, -0.1) is 0 Å². The Kier molecular flexibility index (Phi) is 7.26. The van der Waals surface area contributed by atoms with Gasteiger partial charge >= 0.3 is 0 Å². The van der Waals surface area contributed by atoms with Crippen LogP contribution in [0.4, 0.5) is 16.2 Å². The fourth-order valence-corrected chi connectivity index (χ4v) is 9.24. The van der Waals surface area contributed by atoms with Gasteiger partial charge in [0.2, 0.25) is 5.91 Å². The van der Waals surface area contributed by atoms with Gasteiger partial charge in [0.25, 0.3) is 11.1 Å². The van der Waals surface area contributed by atoms with Crippen molar-refractivity contribution in [2.24, 2.45) is 17.8 Å². The molecule has 0 unspecified atom stereocenters. The van der Waals surface area contributed by atoms with E-state index in [1.54, 1.807) is 13.2 Å². The van der Waals surface area contributed by atoms with Crippen molar-refractivity contribution >= 4 is 46.3 Å². The molecule has 2 aromatic rings. The number of thioether (sulfide) groups is 1. The topological polar surface area (TPSA) is 88.2 Å². The second-order valence-corrected chi connectivity index (χ2v) is 13.6. The van der Waals surface area contributed by atoms with Crippen LogP contribution in [0.3, 0.4) is 0 Å².